The van der Waals surface area contributed by atoms with E-state index >= 15 is 0 Å². The van der Waals surface area contributed by atoms with Gasteiger partial charge in [0, 0.05) is 6.42 Å². The summed E-state index contributed by atoms with van der Waals surface area (Å²) in [7, 11) is 0. The maximum atomic E-state index is 5.11. The predicted octanol–water partition coefficient (Wildman–Crippen LogP) is 3.15. The second-order valence-corrected chi connectivity index (χ2v) is 2.56. The van der Waals surface area contributed by atoms with Gasteiger partial charge in [0.05, 0.1) is 0 Å². The highest BCUT2D eigenvalue weighted by molar-refractivity contribution is 4.98. The normalized spacial score (nSPS) is 8.80. The topological polar surface area (TPSA) is 0 Å². The van der Waals surface area contributed by atoms with Crippen LogP contribution in [0.15, 0.2) is 12.2 Å². The first kappa shape index (κ1) is 9.30. The van der Waals surface area contributed by atoms with E-state index in [1.807, 2.05) is 0 Å². The van der Waals surface area contributed by atoms with Crippen LogP contribution in [0.1, 0.15) is 39.0 Å². The van der Waals surface area contributed by atoms with Gasteiger partial charge in [0.15, 0.2) is 0 Å². The quantitative estimate of drug-likeness (QED) is 0.402. The molecule has 0 amide bonds. The van der Waals surface area contributed by atoms with Crippen molar-refractivity contribution in [3.63, 3.8) is 0 Å². The van der Waals surface area contributed by atoms with Gasteiger partial charge in [-0.1, -0.05) is 25.5 Å². The Kier molecular flexibility index (Phi) is 5.97. The van der Waals surface area contributed by atoms with Crippen LogP contribution in [0.3, 0.4) is 0 Å². The molecule has 0 aliphatic heterocycles. The third-order valence-electron chi connectivity index (χ3n) is 1.51. The molecule has 0 atom stereocenters. The van der Waals surface area contributed by atoms with Gasteiger partial charge in [0.1, 0.15) is 0 Å². The number of terminal acetylenes is 1. The average Bonchev–Trinajstić information content (AvgIpc) is 1.97. The Bertz CT molecular complexity index is 125. The van der Waals surface area contributed by atoms with Crippen LogP contribution in [0.25, 0.3) is 0 Å². The van der Waals surface area contributed by atoms with Crippen LogP contribution < -0.4 is 0 Å². The summed E-state index contributed by atoms with van der Waals surface area (Å²) >= 11 is 0. The summed E-state index contributed by atoms with van der Waals surface area (Å²) in [5.41, 5.74) is 1.31. The Balaban J connectivity index is 3.19. The minimum atomic E-state index is 0.850. The number of rotatable bonds is 5. The number of hydrogen-bond donors (Lipinski definition) is 0. The Morgan fingerprint density at radius 1 is 1.50 bits per heavy atom. The van der Waals surface area contributed by atoms with Crippen molar-refractivity contribution in [3.8, 4) is 12.3 Å². The van der Waals surface area contributed by atoms with Crippen molar-refractivity contribution in [2.24, 2.45) is 0 Å². The minimum absolute atomic E-state index is 0.850. The van der Waals surface area contributed by atoms with Gasteiger partial charge in [0.25, 0.3) is 0 Å². The van der Waals surface area contributed by atoms with Crippen LogP contribution in [-0.4, -0.2) is 0 Å². The maximum Gasteiger partial charge on any atom is 0.0123 e. The zero-order valence-electron chi connectivity index (χ0n) is 6.82. The minimum Gasteiger partial charge on any atom is -0.120 e. The summed E-state index contributed by atoms with van der Waals surface area (Å²) < 4.78 is 0. The first-order valence-corrected chi connectivity index (χ1v) is 3.91. The maximum absolute atomic E-state index is 5.11. The number of allylic oxidation sites excluding steroid dienone is 1. The first-order valence-electron chi connectivity index (χ1n) is 3.91. The fourth-order valence-corrected chi connectivity index (χ4v) is 0.801. The zero-order chi connectivity index (χ0) is 7.82. The predicted molar refractivity (Wildman–Crippen MR) is 46.7 cm³/mol. The van der Waals surface area contributed by atoms with Crippen molar-refractivity contribution >= 4 is 0 Å². The Morgan fingerprint density at radius 3 is 2.70 bits per heavy atom. The molecule has 0 saturated heterocycles. The molecule has 0 aromatic heterocycles. The van der Waals surface area contributed by atoms with Crippen molar-refractivity contribution in [2.45, 2.75) is 39.0 Å². The van der Waals surface area contributed by atoms with Gasteiger partial charge in [0.2, 0.25) is 0 Å². The Hall–Kier alpha value is -0.700. The largest absolute Gasteiger partial charge is 0.120 e. The van der Waals surface area contributed by atoms with Crippen LogP contribution in [0, 0.1) is 12.3 Å². The molecule has 0 spiro atoms. The van der Waals surface area contributed by atoms with Crippen LogP contribution in [0.2, 0.25) is 0 Å². The molecular formula is C10H16. The van der Waals surface area contributed by atoms with Crippen LogP contribution in [-0.2, 0) is 0 Å². The van der Waals surface area contributed by atoms with Crippen molar-refractivity contribution in [3.05, 3.63) is 12.2 Å². The van der Waals surface area contributed by atoms with Gasteiger partial charge in [-0.3, -0.25) is 0 Å². The summed E-state index contributed by atoms with van der Waals surface area (Å²) in [6, 6.07) is 0. The molecule has 0 fully saturated rings. The summed E-state index contributed by atoms with van der Waals surface area (Å²) in [4.78, 5) is 0. The molecule has 0 heteroatoms. The molecule has 0 unspecified atom stereocenters. The second kappa shape index (κ2) is 6.42. The smallest absolute Gasteiger partial charge is 0.0123 e. The van der Waals surface area contributed by atoms with Crippen molar-refractivity contribution < 1.29 is 0 Å². The van der Waals surface area contributed by atoms with E-state index < -0.39 is 0 Å². The third kappa shape index (κ3) is 5.44. The lowest BCUT2D eigenvalue weighted by atomic mass is 10.1. The van der Waals surface area contributed by atoms with Gasteiger partial charge in [-0.2, -0.15) is 0 Å². The molecule has 0 rings (SSSR count). The highest BCUT2D eigenvalue weighted by Crippen LogP contribution is 2.09. The van der Waals surface area contributed by atoms with E-state index in [9.17, 15) is 0 Å². The van der Waals surface area contributed by atoms with Gasteiger partial charge >= 0.3 is 0 Å². The second-order valence-electron chi connectivity index (χ2n) is 2.56. The highest BCUT2D eigenvalue weighted by Gasteiger charge is 1.91. The van der Waals surface area contributed by atoms with Gasteiger partial charge in [-0.05, 0) is 19.3 Å². The molecular weight excluding hydrogens is 120 g/mol. The first-order chi connectivity index (χ1) is 4.81. The molecule has 0 saturated carbocycles. The molecule has 0 heterocycles. The van der Waals surface area contributed by atoms with Crippen molar-refractivity contribution in [1.29, 1.82) is 0 Å². The van der Waals surface area contributed by atoms with Gasteiger partial charge in [-0.25, -0.2) is 0 Å². The standard InChI is InChI=1S/C10H16/c1-4-6-8-10(3)9-7-5-2/h1H,3,5-9H2,2H3. The van der Waals surface area contributed by atoms with Crippen LogP contribution >= 0.6 is 0 Å². The molecule has 0 aromatic carbocycles. The lowest BCUT2D eigenvalue weighted by Crippen LogP contribution is -1.80. The molecule has 56 valence electrons. The Morgan fingerprint density at radius 2 is 2.20 bits per heavy atom. The zero-order valence-corrected chi connectivity index (χ0v) is 6.82. The summed E-state index contributed by atoms with van der Waals surface area (Å²) in [5, 5.41) is 0. The van der Waals surface area contributed by atoms with E-state index in [0.29, 0.717) is 0 Å². The summed E-state index contributed by atoms with van der Waals surface area (Å²) in [6.45, 7) is 6.12. The van der Waals surface area contributed by atoms with Crippen LogP contribution in [0.4, 0.5) is 0 Å². The fourth-order valence-electron chi connectivity index (χ4n) is 0.801. The number of unbranched alkanes of at least 4 members (excludes halogenated alkanes) is 1. The van der Waals surface area contributed by atoms with E-state index in [1.54, 1.807) is 0 Å². The lowest BCUT2D eigenvalue weighted by molar-refractivity contribution is 0.759. The molecule has 0 nitrogen and oxygen atoms in total. The van der Waals surface area contributed by atoms with Gasteiger partial charge in [-0.15, -0.1) is 12.3 Å². The number of hydrogen-bond acceptors (Lipinski definition) is 0. The van der Waals surface area contributed by atoms with E-state index in [0.717, 1.165) is 19.3 Å². The van der Waals surface area contributed by atoms with E-state index in [1.165, 1.54) is 18.4 Å². The SMILES string of the molecule is C#CCCC(=C)CCCC. The fraction of sp³-hybridized carbons (Fsp3) is 0.600. The molecule has 0 radical (unpaired) electrons. The third-order valence-corrected chi connectivity index (χ3v) is 1.51. The van der Waals surface area contributed by atoms with E-state index in [-0.39, 0.29) is 0 Å². The van der Waals surface area contributed by atoms with Crippen molar-refractivity contribution in [1.82, 2.24) is 0 Å². The summed E-state index contributed by atoms with van der Waals surface area (Å²) in [5.74, 6) is 2.61. The average molecular weight is 136 g/mol. The molecule has 0 aromatic rings. The molecule has 0 aliphatic carbocycles. The molecule has 10 heavy (non-hydrogen) atoms. The lowest BCUT2D eigenvalue weighted by Gasteiger charge is -1.99. The summed E-state index contributed by atoms with van der Waals surface area (Å²) in [6.07, 6.45) is 10.6. The van der Waals surface area contributed by atoms with E-state index in [4.69, 9.17) is 6.42 Å². The highest BCUT2D eigenvalue weighted by atomic mass is 14.0. The van der Waals surface area contributed by atoms with Crippen LogP contribution in [0.5, 0.6) is 0 Å². The van der Waals surface area contributed by atoms with Gasteiger partial charge < -0.3 is 0 Å². The molecule has 0 N–H and O–H groups in total. The Labute approximate surface area is 64.3 Å². The van der Waals surface area contributed by atoms with Crippen molar-refractivity contribution in [2.75, 3.05) is 0 Å². The molecule has 0 bridgehead atoms. The van der Waals surface area contributed by atoms with E-state index in [2.05, 4.69) is 19.4 Å². The molecule has 0 aliphatic rings. The monoisotopic (exact) mass is 136 g/mol.